The van der Waals surface area contributed by atoms with Crippen LogP contribution in [0.2, 0.25) is 0 Å². The summed E-state index contributed by atoms with van der Waals surface area (Å²) in [5.74, 6) is 1.51. The van der Waals surface area contributed by atoms with Gasteiger partial charge in [-0.1, -0.05) is 24.6 Å². The van der Waals surface area contributed by atoms with Crippen molar-refractivity contribution in [1.82, 2.24) is 4.90 Å². The van der Waals surface area contributed by atoms with Crippen LogP contribution in [-0.4, -0.2) is 43.4 Å². The van der Waals surface area contributed by atoms with E-state index in [1.807, 2.05) is 37.3 Å². The topological polar surface area (TPSA) is 60.0 Å². The Bertz CT molecular complexity index is 885. The minimum absolute atomic E-state index is 0.0572. The number of anilines is 1. The number of rotatable bonds is 6. The lowest BCUT2D eigenvalue weighted by Gasteiger charge is -2.48. The summed E-state index contributed by atoms with van der Waals surface area (Å²) in [5.41, 5.74) is 2.99. The highest BCUT2D eigenvalue weighted by Gasteiger charge is 2.39. The van der Waals surface area contributed by atoms with Crippen LogP contribution < -0.4 is 14.8 Å². The van der Waals surface area contributed by atoms with Gasteiger partial charge in [0, 0.05) is 31.5 Å². The number of nitrogens with zero attached hydrogens (tertiary/aromatic N) is 1. The minimum Gasteiger partial charge on any atom is -0.497 e. The van der Waals surface area contributed by atoms with E-state index < -0.39 is 6.09 Å². The van der Waals surface area contributed by atoms with Crippen molar-refractivity contribution < 1.29 is 19.0 Å². The van der Waals surface area contributed by atoms with Crippen LogP contribution in [0.5, 0.6) is 11.5 Å². The largest absolute Gasteiger partial charge is 0.497 e. The molecule has 0 aliphatic carbocycles. The number of benzene rings is 2. The van der Waals surface area contributed by atoms with E-state index in [1.54, 1.807) is 14.2 Å². The number of nitrogens with one attached hydrogen (secondary N) is 1. The molecule has 4 rings (SSSR count). The van der Waals surface area contributed by atoms with E-state index in [0.717, 1.165) is 43.5 Å². The van der Waals surface area contributed by atoms with E-state index in [1.165, 1.54) is 12.0 Å². The van der Waals surface area contributed by atoms with Crippen LogP contribution in [0, 0.1) is 6.92 Å². The molecule has 2 heterocycles. The van der Waals surface area contributed by atoms with Gasteiger partial charge in [0.15, 0.2) is 0 Å². The van der Waals surface area contributed by atoms with Gasteiger partial charge < -0.3 is 14.2 Å². The van der Waals surface area contributed by atoms with Crippen molar-refractivity contribution in [2.24, 2.45) is 0 Å². The van der Waals surface area contributed by atoms with Crippen LogP contribution in [0.3, 0.4) is 0 Å². The zero-order valence-corrected chi connectivity index (χ0v) is 18.6. The van der Waals surface area contributed by atoms with Crippen LogP contribution in [-0.2, 0) is 11.3 Å². The third kappa shape index (κ3) is 5.13. The van der Waals surface area contributed by atoms with Crippen LogP contribution >= 0.6 is 0 Å². The number of aryl methyl sites for hydroxylation is 1. The molecule has 2 fully saturated rings. The van der Waals surface area contributed by atoms with Gasteiger partial charge in [-0.2, -0.15) is 0 Å². The second-order valence-corrected chi connectivity index (χ2v) is 8.59. The van der Waals surface area contributed by atoms with Gasteiger partial charge >= 0.3 is 6.09 Å². The summed E-state index contributed by atoms with van der Waals surface area (Å²) < 4.78 is 16.5. The fraction of sp³-hybridized carbons (Fsp3) is 0.480. The van der Waals surface area contributed by atoms with Crippen molar-refractivity contribution in [3.05, 3.63) is 53.6 Å². The number of amides is 1. The average Bonchev–Trinajstić information content (AvgIpc) is 2.75. The molecule has 2 atom stereocenters. The number of hydrogen-bond donors (Lipinski definition) is 1. The van der Waals surface area contributed by atoms with Crippen LogP contribution in [0.1, 0.15) is 43.2 Å². The molecule has 166 valence electrons. The second-order valence-electron chi connectivity index (χ2n) is 8.59. The fourth-order valence-corrected chi connectivity index (χ4v) is 4.94. The molecule has 6 heteroatoms. The van der Waals surface area contributed by atoms with E-state index >= 15 is 0 Å². The van der Waals surface area contributed by atoms with Crippen molar-refractivity contribution in [1.29, 1.82) is 0 Å². The molecule has 2 aromatic rings. The van der Waals surface area contributed by atoms with Crippen LogP contribution in [0.15, 0.2) is 42.5 Å². The van der Waals surface area contributed by atoms with Crippen molar-refractivity contribution >= 4 is 11.8 Å². The number of fused-ring (bicyclic) bond motifs is 2. The van der Waals surface area contributed by atoms with Crippen LogP contribution in [0.25, 0.3) is 0 Å². The molecule has 1 N–H and O–H groups in total. The maximum atomic E-state index is 12.6. The Morgan fingerprint density at radius 1 is 1.03 bits per heavy atom. The first kappa shape index (κ1) is 21.5. The molecule has 2 aliphatic rings. The number of methoxy groups -OCH3 is 2. The molecular formula is C25H32N2O4. The Balaban J connectivity index is 1.37. The van der Waals surface area contributed by atoms with E-state index in [9.17, 15) is 4.79 Å². The average molecular weight is 425 g/mol. The molecule has 2 aromatic carbocycles. The van der Waals surface area contributed by atoms with E-state index in [-0.39, 0.29) is 6.10 Å². The van der Waals surface area contributed by atoms with Crippen molar-refractivity contribution in [3.8, 4) is 11.5 Å². The van der Waals surface area contributed by atoms with Gasteiger partial charge in [-0.3, -0.25) is 10.2 Å². The van der Waals surface area contributed by atoms with Gasteiger partial charge in [0.05, 0.1) is 19.9 Å². The van der Waals surface area contributed by atoms with Crippen molar-refractivity contribution in [2.75, 3.05) is 19.5 Å². The van der Waals surface area contributed by atoms with Crippen molar-refractivity contribution in [3.63, 3.8) is 0 Å². The predicted molar refractivity (Wildman–Crippen MR) is 121 cm³/mol. The third-order valence-corrected chi connectivity index (χ3v) is 6.47. The number of ether oxygens (including phenoxy) is 3. The normalized spacial score (nSPS) is 23.1. The molecule has 2 saturated heterocycles. The fourth-order valence-electron chi connectivity index (χ4n) is 4.94. The summed E-state index contributed by atoms with van der Waals surface area (Å²) in [6.07, 6.45) is 4.85. The zero-order chi connectivity index (χ0) is 21.8. The molecule has 1 amide bonds. The van der Waals surface area contributed by atoms with E-state index in [4.69, 9.17) is 14.2 Å². The van der Waals surface area contributed by atoms with Gasteiger partial charge in [-0.05, 0) is 55.2 Å². The van der Waals surface area contributed by atoms with Gasteiger partial charge in [0.25, 0.3) is 0 Å². The Hall–Kier alpha value is -2.73. The summed E-state index contributed by atoms with van der Waals surface area (Å²) in [6.45, 7) is 2.91. The lowest BCUT2D eigenvalue weighted by molar-refractivity contribution is -0.0348. The summed E-state index contributed by atoms with van der Waals surface area (Å²) in [4.78, 5) is 15.2. The molecule has 2 bridgehead atoms. The monoisotopic (exact) mass is 424 g/mol. The molecule has 2 unspecified atom stereocenters. The van der Waals surface area contributed by atoms with Gasteiger partial charge in [-0.15, -0.1) is 0 Å². The molecule has 0 radical (unpaired) electrons. The molecule has 31 heavy (non-hydrogen) atoms. The Morgan fingerprint density at radius 2 is 1.74 bits per heavy atom. The summed E-state index contributed by atoms with van der Waals surface area (Å²) in [7, 11) is 3.29. The molecule has 6 nitrogen and oxygen atoms in total. The first-order valence-corrected chi connectivity index (χ1v) is 11.1. The molecule has 2 aliphatic heterocycles. The first-order chi connectivity index (χ1) is 15.1. The highest BCUT2D eigenvalue weighted by molar-refractivity contribution is 5.87. The molecule has 0 spiro atoms. The second kappa shape index (κ2) is 9.60. The minimum atomic E-state index is -0.407. The first-order valence-electron chi connectivity index (χ1n) is 11.1. The number of piperidine rings is 2. The third-order valence-electron chi connectivity index (χ3n) is 6.47. The van der Waals surface area contributed by atoms with Crippen LogP contribution in [0.4, 0.5) is 10.5 Å². The Kier molecular flexibility index (Phi) is 6.66. The predicted octanol–water partition coefficient (Wildman–Crippen LogP) is 5.15. The van der Waals surface area contributed by atoms with E-state index in [0.29, 0.717) is 23.5 Å². The quantitative estimate of drug-likeness (QED) is 0.695. The van der Waals surface area contributed by atoms with Gasteiger partial charge in [-0.25, -0.2) is 4.79 Å². The molecular weight excluding hydrogens is 392 g/mol. The highest BCUT2D eigenvalue weighted by Crippen LogP contribution is 2.37. The van der Waals surface area contributed by atoms with Gasteiger partial charge in [0.1, 0.15) is 17.6 Å². The Morgan fingerprint density at radius 3 is 2.39 bits per heavy atom. The van der Waals surface area contributed by atoms with Crippen molar-refractivity contribution in [2.45, 2.75) is 63.8 Å². The molecule has 0 saturated carbocycles. The zero-order valence-electron chi connectivity index (χ0n) is 18.6. The summed E-state index contributed by atoms with van der Waals surface area (Å²) in [6, 6.07) is 14.9. The number of hydrogen-bond acceptors (Lipinski definition) is 5. The maximum Gasteiger partial charge on any atom is 0.412 e. The number of carbonyl (C=O) groups excluding carboxylic acids is 1. The lowest BCUT2D eigenvalue weighted by atomic mass is 9.82. The number of carbonyl (C=O) groups is 1. The maximum absolute atomic E-state index is 12.6. The standard InChI is InChI=1S/C25H32N2O4/c1-17-7-12-24(30-3)23(13-17)26-25(28)31-22-14-19-5-4-6-20(15-22)27(19)16-18-8-10-21(29-2)11-9-18/h7-13,19-20,22H,4-6,14-16H2,1-3H3,(H,26,28). The summed E-state index contributed by atoms with van der Waals surface area (Å²) in [5, 5.41) is 2.87. The Labute approximate surface area is 184 Å². The molecule has 0 aromatic heterocycles. The van der Waals surface area contributed by atoms with E-state index in [2.05, 4.69) is 22.3 Å². The van der Waals surface area contributed by atoms with Gasteiger partial charge in [0.2, 0.25) is 0 Å². The highest BCUT2D eigenvalue weighted by atomic mass is 16.6. The SMILES string of the molecule is COc1ccc(CN2C3CCCC2CC(OC(=O)Nc2cc(C)ccc2OC)C3)cc1. The lowest BCUT2D eigenvalue weighted by Crippen LogP contribution is -2.53. The summed E-state index contributed by atoms with van der Waals surface area (Å²) >= 11 is 0. The smallest absolute Gasteiger partial charge is 0.412 e.